The van der Waals surface area contributed by atoms with E-state index in [1.165, 1.54) is 6.07 Å². The molecule has 1 unspecified atom stereocenters. The Labute approximate surface area is 119 Å². The molecule has 2 rings (SSSR count). The third-order valence-corrected chi connectivity index (χ3v) is 3.40. The van der Waals surface area contributed by atoms with E-state index in [1.807, 2.05) is 37.3 Å². The molecule has 0 amide bonds. The summed E-state index contributed by atoms with van der Waals surface area (Å²) < 4.78 is 27.2. The topological polar surface area (TPSA) is 12.0 Å². The summed E-state index contributed by atoms with van der Waals surface area (Å²) in [6.07, 6.45) is 0.748. The fourth-order valence-corrected chi connectivity index (χ4v) is 2.23. The molecule has 0 saturated heterocycles. The summed E-state index contributed by atoms with van der Waals surface area (Å²) in [5, 5.41) is 2.99. The van der Waals surface area contributed by atoms with Crippen molar-refractivity contribution in [2.75, 3.05) is 5.32 Å². The van der Waals surface area contributed by atoms with Gasteiger partial charge in [0.15, 0.2) is 0 Å². The largest absolute Gasteiger partial charge is 0.380 e. The zero-order valence-electron chi connectivity index (χ0n) is 10.5. The minimum absolute atomic E-state index is 0.0116. The lowest BCUT2D eigenvalue weighted by molar-refractivity contribution is 0.594. The summed E-state index contributed by atoms with van der Waals surface area (Å²) in [6, 6.07) is 12.2. The van der Waals surface area contributed by atoms with Crippen LogP contribution in [0.3, 0.4) is 0 Å². The van der Waals surface area contributed by atoms with Gasteiger partial charge in [0.05, 0.1) is 10.2 Å². The fraction of sp³-hybridized carbons (Fsp3) is 0.200. The lowest BCUT2D eigenvalue weighted by atomic mass is 10.1. The average Bonchev–Trinajstić information content (AvgIpc) is 2.37. The Morgan fingerprint density at radius 2 is 1.79 bits per heavy atom. The quantitative estimate of drug-likeness (QED) is 0.798. The van der Waals surface area contributed by atoms with Gasteiger partial charge in [0.1, 0.15) is 11.6 Å². The Hall–Kier alpha value is -1.42. The maximum atomic E-state index is 13.7. The second kappa shape index (κ2) is 6.15. The first-order valence-electron chi connectivity index (χ1n) is 6.01. The van der Waals surface area contributed by atoms with E-state index < -0.39 is 11.6 Å². The normalized spacial score (nSPS) is 12.2. The van der Waals surface area contributed by atoms with Crippen LogP contribution in [-0.4, -0.2) is 6.04 Å². The smallest absolute Gasteiger partial charge is 0.147 e. The van der Waals surface area contributed by atoms with Gasteiger partial charge in [-0.1, -0.05) is 30.3 Å². The van der Waals surface area contributed by atoms with Crippen molar-refractivity contribution in [2.45, 2.75) is 19.4 Å². The Kier molecular flexibility index (Phi) is 4.53. The van der Waals surface area contributed by atoms with E-state index >= 15 is 0 Å². The van der Waals surface area contributed by atoms with Gasteiger partial charge in [0.2, 0.25) is 0 Å². The summed E-state index contributed by atoms with van der Waals surface area (Å²) in [5.41, 5.74) is 1.34. The standard InChI is InChI=1S/C15H14BrF2N/c1-10(7-11-5-3-2-4-6-11)19-15-9-13(17)12(16)8-14(15)18/h2-6,8-10,19H,7H2,1H3. The first-order valence-corrected chi connectivity index (χ1v) is 6.80. The molecule has 2 aromatic carbocycles. The first kappa shape index (κ1) is 14.0. The molecule has 0 heterocycles. The molecule has 19 heavy (non-hydrogen) atoms. The zero-order valence-corrected chi connectivity index (χ0v) is 12.0. The van der Waals surface area contributed by atoms with E-state index in [-0.39, 0.29) is 16.2 Å². The van der Waals surface area contributed by atoms with Crippen molar-refractivity contribution in [3.63, 3.8) is 0 Å². The third kappa shape index (κ3) is 3.77. The molecule has 0 aromatic heterocycles. The second-order valence-electron chi connectivity index (χ2n) is 4.48. The van der Waals surface area contributed by atoms with Crippen molar-refractivity contribution in [1.29, 1.82) is 0 Å². The Morgan fingerprint density at radius 3 is 2.47 bits per heavy atom. The summed E-state index contributed by atoms with van der Waals surface area (Å²) in [5.74, 6) is -0.941. The van der Waals surface area contributed by atoms with Crippen LogP contribution >= 0.6 is 15.9 Å². The number of anilines is 1. The molecule has 0 saturated carbocycles. The molecular weight excluding hydrogens is 312 g/mol. The maximum Gasteiger partial charge on any atom is 0.147 e. The van der Waals surface area contributed by atoms with Crippen LogP contribution in [0.4, 0.5) is 14.5 Å². The van der Waals surface area contributed by atoms with Crippen molar-refractivity contribution in [3.05, 3.63) is 64.1 Å². The number of rotatable bonds is 4. The van der Waals surface area contributed by atoms with Crippen LogP contribution < -0.4 is 5.32 Å². The molecular formula is C15H14BrF2N. The van der Waals surface area contributed by atoms with Crippen molar-refractivity contribution < 1.29 is 8.78 Å². The van der Waals surface area contributed by atoms with Crippen molar-refractivity contribution in [2.24, 2.45) is 0 Å². The highest BCUT2D eigenvalue weighted by Gasteiger charge is 2.11. The molecule has 0 radical (unpaired) electrons. The molecule has 1 nitrogen and oxygen atoms in total. The SMILES string of the molecule is CC(Cc1ccccc1)Nc1cc(F)c(Br)cc1F. The van der Waals surface area contributed by atoms with Crippen LogP contribution in [0.2, 0.25) is 0 Å². The van der Waals surface area contributed by atoms with Crippen molar-refractivity contribution in [3.8, 4) is 0 Å². The van der Waals surface area contributed by atoms with E-state index in [4.69, 9.17) is 0 Å². The summed E-state index contributed by atoms with van der Waals surface area (Å²) in [4.78, 5) is 0. The van der Waals surface area contributed by atoms with Crippen molar-refractivity contribution >= 4 is 21.6 Å². The summed E-state index contributed by atoms with van der Waals surface area (Å²) in [7, 11) is 0. The van der Waals surface area contributed by atoms with E-state index in [2.05, 4.69) is 21.2 Å². The molecule has 2 aromatic rings. The van der Waals surface area contributed by atoms with Gasteiger partial charge in [-0.05, 0) is 40.9 Å². The molecule has 1 atom stereocenters. The first-order chi connectivity index (χ1) is 9.06. The van der Waals surface area contributed by atoms with Gasteiger partial charge in [-0.25, -0.2) is 8.78 Å². The molecule has 0 fully saturated rings. The van der Waals surface area contributed by atoms with Crippen LogP contribution in [0.5, 0.6) is 0 Å². The van der Waals surface area contributed by atoms with Gasteiger partial charge in [-0.15, -0.1) is 0 Å². The third-order valence-electron chi connectivity index (χ3n) is 2.80. The Bertz CT molecular complexity index is 558. The van der Waals surface area contributed by atoms with E-state index in [0.717, 1.165) is 18.1 Å². The van der Waals surface area contributed by atoms with Crippen LogP contribution in [0.1, 0.15) is 12.5 Å². The molecule has 100 valence electrons. The van der Waals surface area contributed by atoms with Crippen LogP contribution in [0, 0.1) is 11.6 Å². The molecule has 0 aliphatic rings. The fourth-order valence-electron chi connectivity index (χ4n) is 1.92. The lowest BCUT2D eigenvalue weighted by Gasteiger charge is -2.16. The number of halogens is 3. The predicted molar refractivity (Wildman–Crippen MR) is 77.3 cm³/mol. The van der Waals surface area contributed by atoms with Crippen LogP contribution in [0.15, 0.2) is 46.9 Å². The predicted octanol–water partition coefficient (Wildman–Crippen LogP) is 4.77. The van der Waals surface area contributed by atoms with Crippen LogP contribution in [0.25, 0.3) is 0 Å². The number of nitrogens with one attached hydrogen (secondary N) is 1. The van der Waals surface area contributed by atoms with E-state index in [1.54, 1.807) is 0 Å². The molecule has 1 N–H and O–H groups in total. The van der Waals surface area contributed by atoms with Crippen molar-refractivity contribution in [1.82, 2.24) is 0 Å². The molecule has 4 heteroatoms. The van der Waals surface area contributed by atoms with Crippen LogP contribution in [-0.2, 0) is 6.42 Å². The molecule has 0 bridgehead atoms. The lowest BCUT2D eigenvalue weighted by Crippen LogP contribution is -2.19. The Balaban J connectivity index is 2.07. The minimum Gasteiger partial charge on any atom is -0.380 e. The van der Waals surface area contributed by atoms with Gasteiger partial charge in [0.25, 0.3) is 0 Å². The summed E-state index contributed by atoms with van der Waals surface area (Å²) >= 11 is 2.96. The van der Waals surface area contributed by atoms with E-state index in [9.17, 15) is 8.78 Å². The monoisotopic (exact) mass is 325 g/mol. The number of benzene rings is 2. The molecule has 0 aliphatic heterocycles. The zero-order chi connectivity index (χ0) is 13.8. The highest BCUT2D eigenvalue weighted by Crippen LogP contribution is 2.24. The molecule has 0 aliphatic carbocycles. The Morgan fingerprint density at radius 1 is 1.11 bits per heavy atom. The number of hydrogen-bond donors (Lipinski definition) is 1. The van der Waals surface area contributed by atoms with Gasteiger partial charge >= 0.3 is 0 Å². The average molecular weight is 326 g/mol. The highest BCUT2D eigenvalue weighted by molar-refractivity contribution is 9.10. The van der Waals surface area contributed by atoms with Gasteiger partial charge in [0, 0.05) is 12.1 Å². The van der Waals surface area contributed by atoms with Gasteiger partial charge < -0.3 is 5.32 Å². The second-order valence-corrected chi connectivity index (χ2v) is 5.34. The van der Waals surface area contributed by atoms with E-state index in [0.29, 0.717) is 0 Å². The maximum absolute atomic E-state index is 13.7. The highest BCUT2D eigenvalue weighted by atomic mass is 79.9. The summed E-state index contributed by atoms with van der Waals surface area (Å²) in [6.45, 7) is 1.94. The van der Waals surface area contributed by atoms with Gasteiger partial charge in [-0.3, -0.25) is 0 Å². The molecule has 0 spiro atoms. The minimum atomic E-state index is -0.476. The van der Waals surface area contributed by atoms with Gasteiger partial charge in [-0.2, -0.15) is 0 Å². The number of hydrogen-bond acceptors (Lipinski definition) is 1.